The van der Waals surface area contributed by atoms with Crippen molar-refractivity contribution < 1.29 is 28.6 Å². The number of amides is 1. The van der Waals surface area contributed by atoms with Gasteiger partial charge in [-0.15, -0.1) is 0 Å². The van der Waals surface area contributed by atoms with Crippen molar-refractivity contribution in [2.75, 3.05) is 14.1 Å². The highest BCUT2D eigenvalue weighted by molar-refractivity contribution is 8.26. The van der Waals surface area contributed by atoms with Gasteiger partial charge in [-0.25, -0.2) is 8.78 Å². The third-order valence-corrected chi connectivity index (χ3v) is 7.89. The minimum atomic E-state index is -0.771. The Morgan fingerprint density at radius 2 is 1.87 bits per heavy atom. The van der Waals surface area contributed by atoms with Gasteiger partial charge < -0.3 is 20.1 Å². The number of hydrogen-bond donors (Lipinski definition) is 6. The van der Waals surface area contributed by atoms with Gasteiger partial charge in [-0.2, -0.15) is 0 Å². The Labute approximate surface area is 228 Å². The van der Waals surface area contributed by atoms with E-state index >= 15 is 0 Å². The van der Waals surface area contributed by atoms with E-state index in [9.17, 15) is 28.3 Å². The van der Waals surface area contributed by atoms with E-state index in [1.54, 1.807) is 18.9 Å². The highest BCUT2D eigenvalue weighted by atomic mass is 32.2. The number of hydrogen-bond acceptors (Lipinski definition) is 8. The van der Waals surface area contributed by atoms with Crippen LogP contribution in [0.15, 0.2) is 29.2 Å². The van der Waals surface area contributed by atoms with Gasteiger partial charge in [0.15, 0.2) is 5.75 Å². The second kappa shape index (κ2) is 13.0. The van der Waals surface area contributed by atoms with Crippen LogP contribution in [0.5, 0.6) is 5.75 Å². The maximum atomic E-state index is 13.5. The molecule has 13 heteroatoms. The first kappa shape index (κ1) is 31.6. The predicted molar refractivity (Wildman–Crippen MR) is 146 cm³/mol. The molecule has 1 aliphatic rings. The molecule has 0 aliphatic heterocycles. The molecule has 0 atom stereocenters. The largest absolute Gasteiger partial charge is 0.503 e. The molecule has 3 rings (SSSR count). The molecule has 1 fully saturated rings. The molecule has 6 N–H and O–H groups in total. The minimum Gasteiger partial charge on any atom is -0.503 e. The van der Waals surface area contributed by atoms with E-state index in [0.717, 1.165) is 18.5 Å². The summed E-state index contributed by atoms with van der Waals surface area (Å²) < 4.78 is 26.4. The fourth-order valence-corrected chi connectivity index (χ4v) is 4.88. The van der Waals surface area contributed by atoms with Crippen molar-refractivity contribution in [3.05, 3.63) is 63.1 Å². The molecule has 39 heavy (non-hydrogen) atoms. The van der Waals surface area contributed by atoms with Crippen molar-refractivity contribution in [3.8, 4) is 5.75 Å². The Hall–Kier alpha value is -3.58. The Kier molecular flexibility index (Phi) is 10.5. The molecule has 1 amide bonds. The van der Waals surface area contributed by atoms with E-state index < -0.39 is 34.2 Å². The number of aromatic amines is 1. The highest BCUT2D eigenvalue weighted by Gasteiger charge is 2.45. The molecule has 0 unspecified atom stereocenters. The summed E-state index contributed by atoms with van der Waals surface area (Å²) in [7, 11) is 3.54. The Morgan fingerprint density at radius 3 is 2.38 bits per heavy atom. The fourth-order valence-electron chi connectivity index (χ4n) is 4.14. The Morgan fingerprint density at radius 1 is 1.26 bits per heavy atom. The molecule has 1 aromatic carbocycles. The van der Waals surface area contributed by atoms with Crippen LogP contribution in [0.25, 0.3) is 0 Å². The molecule has 0 saturated heterocycles. The van der Waals surface area contributed by atoms with Crippen LogP contribution < -0.4 is 10.7 Å². The summed E-state index contributed by atoms with van der Waals surface area (Å²) in [5.41, 5.74) is -1.42. The molecule has 212 valence electrons. The molecule has 1 aromatic heterocycles. The number of halogens is 2. The van der Waals surface area contributed by atoms with Gasteiger partial charge in [-0.05, 0) is 58.2 Å². The molecule has 2 aromatic rings. The lowest BCUT2D eigenvalue weighted by atomic mass is 9.71. The van der Waals surface area contributed by atoms with E-state index in [4.69, 9.17) is 15.9 Å². The summed E-state index contributed by atoms with van der Waals surface area (Å²) in [5.74, 6) is -2.71. The van der Waals surface area contributed by atoms with Crippen LogP contribution in [0.3, 0.4) is 0 Å². The van der Waals surface area contributed by atoms with Gasteiger partial charge in [-0.3, -0.25) is 30.5 Å². The van der Waals surface area contributed by atoms with E-state index in [2.05, 4.69) is 10.3 Å². The average molecular weight is 566 g/mol. The summed E-state index contributed by atoms with van der Waals surface area (Å²) in [6, 6.07) is 3.04. The van der Waals surface area contributed by atoms with Gasteiger partial charge in [0.25, 0.3) is 0 Å². The number of thioether (sulfide) groups is 1. The van der Waals surface area contributed by atoms with Crippen molar-refractivity contribution in [2.45, 2.75) is 51.6 Å². The van der Waals surface area contributed by atoms with Gasteiger partial charge in [0.1, 0.15) is 16.7 Å². The second-order valence-corrected chi connectivity index (χ2v) is 10.7. The quantitative estimate of drug-likeness (QED) is 0.129. The number of nitrogens with one attached hydrogen (secondary N) is 4. The van der Waals surface area contributed by atoms with Crippen LogP contribution in [-0.2, 0) is 16.0 Å². The first-order valence-electron chi connectivity index (χ1n) is 12.0. The zero-order valence-electron chi connectivity index (χ0n) is 22.2. The SMILES string of the molecule is CNC1(N(C)C=O)CCC(C)(C(=O)O)CC1.Cc1[nH]cc(C(=N)SC(=N)Cc2ccc(F)cc2F)c(=O)c1O. The van der Waals surface area contributed by atoms with Crippen molar-refractivity contribution in [1.82, 2.24) is 15.2 Å². The minimum absolute atomic E-state index is 0.0811. The Bertz CT molecular complexity index is 1310. The number of H-pyrrole nitrogens is 1. The van der Waals surface area contributed by atoms with Gasteiger partial charge in [-0.1, -0.05) is 17.8 Å². The predicted octanol–water partition coefficient (Wildman–Crippen LogP) is 3.60. The molecule has 1 heterocycles. The summed E-state index contributed by atoms with van der Waals surface area (Å²) in [4.78, 5) is 38.1. The molecule has 1 aliphatic carbocycles. The number of aryl methyl sites for hydroxylation is 1. The maximum absolute atomic E-state index is 13.5. The number of pyridine rings is 1. The number of aliphatic carboxylic acids is 1. The van der Waals surface area contributed by atoms with Gasteiger partial charge >= 0.3 is 5.97 Å². The number of carbonyl (C=O) groups excluding carboxylic acids is 1. The molecule has 0 spiro atoms. The van der Waals surface area contributed by atoms with Crippen LogP contribution in [0.2, 0.25) is 0 Å². The van der Waals surface area contributed by atoms with Crippen molar-refractivity contribution in [2.24, 2.45) is 5.41 Å². The van der Waals surface area contributed by atoms with Gasteiger partial charge in [0.05, 0.1) is 27.4 Å². The summed E-state index contributed by atoms with van der Waals surface area (Å²) in [6.45, 7) is 3.28. The summed E-state index contributed by atoms with van der Waals surface area (Å²) in [6.07, 6.45) is 4.44. The molecular formula is C26H33F2N5O5S. The van der Waals surface area contributed by atoms with E-state index in [1.807, 2.05) is 7.05 Å². The molecule has 0 bridgehead atoms. The average Bonchev–Trinajstić information content (AvgIpc) is 2.89. The standard InChI is InChI=1S/C15H13F2N3O2S.C11H20N2O3/c1-7-13(21)14(22)10(6-20-7)15(19)23-12(18)4-8-2-3-9(16)5-11(8)17;1-10(9(15)16)4-6-11(12-2,7-5-10)13(3)8-14/h2-3,5-6,18-19,21H,4H2,1H3,(H,20,22);8,12H,4-7H2,1-3H3,(H,15,16). The van der Waals surface area contributed by atoms with Crippen LogP contribution in [0.4, 0.5) is 8.78 Å². The molecule has 10 nitrogen and oxygen atoms in total. The normalized spacial score (nSPS) is 20.4. The molecule has 0 radical (unpaired) electrons. The second-order valence-electron chi connectivity index (χ2n) is 9.64. The number of aromatic nitrogens is 1. The summed E-state index contributed by atoms with van der Waals surface area (Å²) >= 11 is 0.664. The first-order chi connectivity index (χ1) is 18.2. The number of aromatic hydroxyl groups is 1. The van der Waals surface area contributed by atoms with E-state index in [-0.39, 0.29) is 39.0 Å². The summed E-state index contributed by atoms with van der Waals surface area (Å²) in [5, 5.41) is 37.2. The zero-order chi connectivity index (χ0) is 29.5. The lowest BCUT2D eigenvalue weighted by Gasteiger charge is -2.46. The van der Waals surface area contributed by atoms with Crippen molar-refractivity contribution in [3.63, 3.8) is 0 Å². The molecule has 1 saturated carbocycles. The van der Waals surface area contributed by atoms with E-state index in [0.29, 0.717) is 37.4 Å². The monoisotopic (exact) mass is 565 g/mol. The number of benzene rings is 1. The molecular weight excluding hydrogens is 532 g/mol. The lowest BCUT2D eigenvalue weighted by Crippen LogP contribution is -2.59. The topological polar surface area (TPSA) is 170 Å². The third-order valence-electron chi connectivity index (χ3n) is 7.08. The van der Waals surface area contributed by atoms with Crippen LogP contribution >= 0.6 is 11.8 Å². The van der Waals surface area contributed by atoms with Gasteiger partial charge in [0.2, 0.25) is 11.8 Å². The lowest BCUT2D eigenvalue weighted by molar-refractivity contribution is -0.152. The van der Waals surface area contributed by atoms with Crippen LogP contribution in [-0.4, -0.2) is 62.3 Å². The fraction of sp³-hybridized carbons (Fsp3) is 0.423. The number of carboxylic acids is 1. The zero-order valence-corrected chi connectivity index (χ0v) is 23.0. The smallest absolute Gasteiger partial charge is 0.309 e. The van der Waals surface area contributed by atoms with Gasteiger partial charge in [0, 0.05) is 25.7 Å². The van der Waals surface area contributed by atoms with Crippen LogP contribution in [0, 0.1) is 34.8 Å². The third kappa shape index (κ3) is 7.51. The van der Waals surface area contributed by atoms with Crippen molar-refractivity contribution >= 4 is 34.2 Å². The van der Waals surface area contributed by atoms with Crippen LogP contribution in [0.1, 0.15) is 49.4 Å². The number of rotatable bonds is 7. The first-order valence-corrected chi connectivity index (χ1v) is 12.8. The highest BCUT2D eigenvalue weighted by Crippen LogP contribution is 2.41. The number of nitrogens with zero attached hydrogens (tertiary/aromatic N) is 1. The van der Waals surface area contributed by atoms with E-state index in [1.165, 1.54) is 19.2 Å². The van der Waals surface area contributed by atoms with Crippen molar-refractivity contribution in [1.29, 1.82) is 10.8 Å². The maximum Gasteiger partial charge on any atom is 0.309 e. The number of carbonyl (C=O) groups is 2. The number of carboxylic acid groups (broad SMARTS) is 1. The Balaban J connectivity index is 0.000000293.